The number of imidazole rings is 1. The summed E-state index contributed by atoms with van der Waals surface area (Å²) in [5.41, 5.74) is 1.59. The number of aryl methyl sites for hydroxylation is 1. The number of anilines is 1. The highest BCUT2D eigenvalue weighted by Gasteiger charge is 2.19. The zero-order valence-corrected chi connectivity index (χ0v) is 14.6. The lowest BCUT2D eigenvalue weighted by atomic mass is 10.2. The lowest BCUT2D eigenvalue weighted by Crippen LogP contribution is -2.16. The highest BCUT2D eigenvalue weighted by Crippen LogP contribution is 2.28. The third-order valence-corrected chi connectivity index (χ3v) is 4.31. The van der Waals surface area contributed by atoms with Crippen LogP contribution in [0, 0.1) is 17.0 Å². The summed E-state index contributed by atoms with van der Waals surface area (Å²) in [7, 11) is 0. The van der Waals surface area contributed by atoms with E-state index in [1.807, 2.05) is 0 Å². The number of nitrogens with zero attached hydrogens (tertiary/aromatic N) is 3. The van der Waals surface area contributed by atoms with Crippen molar-refractivity contribution in [2.75, 3.05) is 5.32 Å². The Morgan fingerprint density at radius 1 is 1.38 bits per heavy atom. The fraction of sp³-hybridized carbons (Fsp3) is 0.0667. The summed E-state index contributed by atoms with van der Waals surface area (Å²) in [5.74, 6) is -0.427. The van der Waals surface area contributed by atoms with Gasteiger partial charge < -0.3 is 5.32 Å². The van der Waals surface area contributed by atoms with Crippen LogP contribution in [-0.4, -0.2) is 20.2 Å². The molecule has 7 nitrogen and oxygen atoms in total. The number of carbonyl (C=O) groups excluding carboxylic acids is 1. The largest absolute Gasteiger partial charge is 0.319 e. The van der Waals surface area contributed by atoms with E-state index in [9.17, 15) is 14.9 Å². The number of nitro benzene ring substituents is 1. The minimum absolute atomic E-state index is 0.116. The second-order valence-corrected chi connectivity index (χ2v) is 6.29. The number of hydrogen-bond donors (Lipinski definition) is 1. The van der Waals surface area contributed by atoms with Crippen LogP contribution in [0.15, 0.2) is 41.0 Å². The number of hydrogen-bond acceptors (Lipinski definition) is 4. The number of aromatic nitrogens is 2. The Hall–Kier alpha value is -2.45. The van der Waals surface area contributed by atoms with Crippen molar-refractivity contribution in [3.8, 4) is 0 Å². The molecule has 3 aromatic rings. The Morgan fingerprint density at radius 2 is 2.12 bits per heavy atom. The number of halogens is 2. The van der Waals surface area contributed by atoms with Gasteiger partial charge in [-0.25, -0.2) is 4.98 Å². The maximum atomic E-state index is 12.6. The van der Waals surface area contributed by atoms with Gasteiger partial charge in [0.25, 0.3) is 11.6 Å². The van der Waals surface area contributed by atoms with Gasteiger partial charge in [0, 0.05) is 33.9 Å². The average Bonchev–Trinajstić information content (AvgIpc) is 2.84. The topological polar surface area (TPSA) is 89.5 Å². The van der Waals surface area contributed by atoms with Crippen molar-refractivity contribution < 1.29 is 9.72 Å². The first-order valence-electron chi connectivity index (χ1n) is 6.76. The van der Waals surface area contributed by atoms with Crippen molar-refractivity contribution >= 4 is 50.5 Å². The van der Waals surface area contributed by atoms with Crippen molar-refractivity contribution in [3.63, 3.8) is 0 Å². The van der Waals surface area contributed by atoms with E-state index in [4.69, 9.17) is 11.6 Å². The van der Waals surface area contributed by atoms with E-state index in [2.05, 4.69) is 26.2 Å². The molecule has 9 heteroatoms. The molecular weight excluding hydrogens is 400 g/mol. The smallest absolute Gasteiger partial charge is 0.274 e. The first-order valence-corrected chi connectivity index (χ1v) is 7.93. The van der Waals surface area contributed by atoms with Crippen LogP contribution < -0.4 is 5.32 Å². The molecule has 3 rings (SSSR count). The number of benzene rings is 1. The molecule has 0 bridgehead atoms. The minimum Gasteiger partial charge on any atom is -0.319 e. The predicted octanol–water partition coefficient (Wildman–Crippen LogP) is 4.22. The SMILES string of the molecule is Cc1nc2cc(Cl)ccn2c1C(=O)Nc1cc([N+](=O)[O-])ccc1Br. The van der Waals surface area contributed by atoms with E-state index >= 15 is 0 Å². The van der Waals surface area contributed by atoms with Gasteiger partial charge in [-0.1, -0.05) is 11.6 Å². The van der Waals surface area contributed by atoms with E-state index in [-0.39, 0.29) is 5.69 Å². The number of amides is 1. The fourth-order valence-corrected chi connectivity index (χ4v) is 2.81. The monoisotopic (exact) mass is 408 g/mol. The van der Waals surface area contributed by atoms with E-state index in [0.29, 0.717) is 32.2 Å². The van der Waals surface area contributed by atoms with E-state index < -0.39 is 10.8 Å². The Kier molecular flexibility index (Phi) is 4.25. The first-order chi connectivity index (χ1) is 11.4. The number of non-ortho nitro benzene ring substituents is 1. The molecule has 0 radical (unpaired) electrons. The highest BCUT2D eigenvalue weighted by atomic mass is 79.9. The molecule has 0 unspecified atom stereocenters. The van der Waals surface area contributed by atoms with Gasteiger partial charge in [0.15, 0.2) is 0 Å². The minimum atomic E-state index is -0.524. The fourth-order valence-electron chi connectivity index (χ4n) is 2.32. The molecule has 24 heavy (non-hydrogen) atoms. The average molecular weight is 410 g/mol. The maximum Gasteiger partial charge on any atom is 0.274 e. The second-order valence-electron chi connectivity index (χ2n) is 4.99. The molecular formula is C15H10BrClN4O3. The van der Waals surface area contributed by atoms with E-state index in [1.54, 1.807) is 29.7 Å². The van der Waals surface area contributed by atoms with Crippen LogP contribution in [0.5, 0.6) is 0 Å². The number of nitrogens with one attached hydrogen (secondary N) is 1. The van der Waals surface area contributed by atoms with Crippen molar-refractivity contribution in [1.82, 2.24) is 9.38 Å². The summed E-state index contributed by atoms with van der Waals surface area (Å²) in [4.78, 5) is 27.3. The third-order valence-electron chi connectivity index (χ3n) is 3.39. The number of pyridine rings is 1. The molecule has 0 saturated carbocycles. The molecule has 2 heterocycles. The number of carbonyl (C=O) groups is 1. The summed E-state index contributed by atoms with van der Waals surface area (Å²) in [6, 6.07) is 7.44. The molecule has 1 amide bonds. The molecule has 0 aliphatic rings. The second kappa shape index (κ2) is 6.21. The summed E-state index contributed by atoms with van der Waals surface area (Å²) < 4.78 is 2.15. The number of rotatable bonds is 3. The molecule has 0 atom stereocenters. The zero-order chi connectivity index (χ0) is 17.4. The lowest BCUT2D eigenvalue weighted by Gasteiger charge is -2.08. The van der Waals surface area contributed by atoms with Crippen LogP contribution in [0.3, 0.4) is 0 Å². The Labute approximate surface area is 149 Å². The maximum absolute atomic E-state index is 12.6. The molecule has 2 aromatic heterocycles. The van der Waals surface area contributed by atoms with E-state index in [1.165, 1.54) is 18.2 Å². The van der Waals surface area contributed by atoms with Crippen LogP contribution in [0.1, 0.15) is 16.2 Å². The Morgan fingerprint density at radius 3 is 2.83 bits per heavy atom. The molecule has 122 valence electrons. The molecule has 0 aliphatic heterocycles. The van der Waals surface area contributed by atoms with Gasteiger partial charge in [0.05, 0.1) is 16.3 Å². The molecule has 0 saturated heterocycles. The van der Waals surface area contributed by atoms with Gasteiger partial charge in [0.1, 0.15) is 11.3 Å². The standard InChI is InChI=1S/C15H10BrClN4O3/c1-8-14(20-5-4-9(17)6-13(20)18-8)15(22)19-12-7-10(21(23)24)2-3-11(12)16/h2-7H,1H3,(H,19,22). The lowest BCUT2D eigenvalue weighted by molar-refractivity contribution is -0.384. The summed E-state index contributed by atoms with van der Waals surface area (Å²) in [6.45, 7) is 1.71. The van der Waals surface area contributed by atoms with Gasteiger partial charge >= 0.3 is 0 Å². The number of fused-ring (bicyclic) bond motifs is 1. The van der Waals surface area contributed by atoms with Crippen molar-refractivity contribution in [2.45, 2.75) is 6.92 Å². The quantitative estimate of drug-likeness (QED) is 0.518. The molecule has 0 spiro atoms. The molecule has 1 N–H and O–H groups in total. The normalized spacial score (nSPS) is 10.8. The predicted molar refractivity (Wildman–Crippen MR) is 93.7 cm³/mol. The van der Waals surface area contributed by atoms with Gasteiger partial charge in [-0.3, -0.25) is 19.3 Å². The molecule has 0 aliphatic carbocycles. The molecule has 1 aromatic carbocycles. The highest BCUT2D eigenvalue weighted by molar-refractivity contribution is 9.10. The van der Waals surface area contributed by atoms with Crippen molar-refractivity contribution in [1.29, 1.82) is 0 Å². The van der Waals surface area contributed by atoms with Gasteiger partial charge in [0.2, 0.25) is 0 Å². The summed E-state index contributed by atoms with van der Waals surface area (Å²) >= 11 is 9.21. The van der Waals surface area contributed by atoms with Crippen LogP contribution in [-0.2, 0) is 0 Å². The van der Waals surface area contributed by atoms with Crippen LogP contribution in [0.25, 0.3) is 5.65 Å². The Bertz CT molecular complexity index is 986. The van der Waals surface area contributed by atoms with Crippen LogP contribution >= 0.6 is 27.5 Å². The zero-order valence-electron chi connectivity index (χ0n) is 12.3. The van der Waals surface area contributed by atoms with Crippen molar-refractivity contribution in [3.05, 3.63) is 67.5 Å². The summed E-state index contributed by atoms with van der Waals surface area (Å²) in [5, 5.41) is 14.1. The van der Waals surface area contributed by atoms with Gasteiger partial charge in [-0.05, 0) is 35.0 Å². The number of nitro groups is 1. The first kappa shape index (κ1) is 16.4. The summed E-state index contributed by atoms with van der Waals surface area (Å²) in [6.07, 6.45) is 1.65. The van der Waals surface area contributed by atoms with Crippen LogP contribution in [0.2, 0.25) is 5.02 Å². The Balaban J connectivity index is 2.01. The van der Waals surface area contributed by atoms with Gasteiger partial charge in [-0.15, -0.1) is 0 Å². The van der Waals surface area contributed by atoms with Crippen molar-refractivity contribution in [2.24, 2.45) is 0 Å². The third kappa shape index (κ3) is 2.98. The van der Waals surface area contributed by atoms with E-state index in [0.717, 1.165) is 0 Å². The molecule has 0 fully saturated rings. The van der Waals surface area contributed by atoms with Crippen LogP contribution in [0.4, 0.5) is 11.4 Å². The van der Waals surface area contributed by atoms with Gasteiger partial charge in [-0.2, -0.15) is 0 Å².